The molecule has 0 aromatic heterocycles. The number of hydrogen-bond acceptors (Lipinski definition) is 5. The molecule has 0 radical (unpaired) electrons. The second-order valence-electron chi connectivity index (χ2n) is 6.68. The molecule has 0 amide bonds. The first-order chi connectivity index (χ1) is 9.33. The molecule has 4 rings (SSSR count). The highest BCUT2D eigenvalue weighted by Gasteiger charge is 2.66. The van der Waals surface area contributed by atoms with Gasteiger partial charge in [0.1, 0.15) is 5.60 Å². The Morgan fingerprint density at radius 2 is 2.30 bits per heavy atom. The van der Waals surface area contributed by atoms with Crippen LogP contribution in [0.15, 0.2) is 12.2 Å². The number of fused-ring (bicyclic) bond motifs is 1. The molecular formula is C15H22O5. The van der Waals surface area contributed by atoms with E-state index in [1.54, 1.807) is 0 Å². The maximum absolute atomic E-state index is 11.9. The molecule has 4 bridgehead atoms. The fourth-order valence-corrected chi connectivity index (χ4v) is 3.66. The highest BCUT2D eigenvalue weighted by molar-refractivity contribution is 5.69. The summed E-state index contributed by atoms with van der Waals surface area (Å²) < 4.78 is 17.0. The van der Waals surface area contributed by atoms with Crippen molar-refractivity contribution in [2.75, 3.05) is 0 Å². The van der Waals surface area contributed by atoms with E-state index in [1.165, 1.54) is 0 Å². The summed E-state index contributed by atoms with van der Waals surface area (Å²) in [4.78, 5) is 11.9. The third-order valence-corrected chi connectivity index (χ3v) is 4.75. The van der Waals surface area contributed by atoms with E-state index in [0.29, 0.717) is 12.8 Å². The molecule has 1 aliphatic carbocycles. The maximum atomic E-state index is 11.9. The van der Waals surface area contributed by atoms with Crippen LogP contribution in [0.4, 0.5) is 0 Å². The first-order valence-corrected chi connectivity index (χ1v) is 7.22. The summed E-state index contributed by atoms with van der Waals surface area (Å²) in [5.41, 5.74) is 0.137. The van der Waals surface area contributed by atoms with Gasteiger partial charge in [0.2, 0.25) is 6.29 Å². The number of ether oxygens (including phenoxy) is 3. The topological polar surface area (TPSA) is 65.0 Å². The van der Waals surface area contributed by atoms with Gasteiger partial charge in [0.15, 0.2) is 6.29 Å². The van der Waals surface area contributed by atoms with E-state index in [2.05, 4.69) is 6.58 Å². The number of aliphatic hydroxyl groups is 1. The molecule has 20 heavy (non-hydrogen) atoms. The van der Waals surface area contributed by atoms with Gasteiger partial charge in [-0.25, -0.2) is 0 Å². The minimum Gasteiger partial charge on any atom is -0.435 e. The van der Waals surface area contributed by atoms with Crippen LogP contribution in [0.5, 0.6) is 0 Å². The van der Waals surface area contributed by atoms with Crippen LogP contribution in [0.3, 0.4) is 0 Å². The van der Waals surface area contributed by atoms with Gasteiger partial charge in [-0.05, 0) is 30.8 Å². The first kappa shape index (κ1) is 14.0. The van der Waals surface area contributed by atoms with Crippen molar-refractivity contribution in [2.45, 2.75) is 57.9 Å². The average molecular weight is 282 g/mol. The number of esters is 1. The van der Waals surface area contributed by atoms with Crippen LogP contribution in [0.1, 0.15) is 33.6 Å². The lowest BCUT2D eigenvalue weighted by atomic mass is 9.77. The van der Waals surface area contributed by atoms with E-state index in [9.17, 15) is 9.90 Å². The normalized spacial score (nSPS) is 46.0. The Morgan fingerprint density at radius 3 is 2.95 bits per heavy atom. The van der Waals surface area contributed by atoms with Crippen molar-refractivity contribution >= 4 is 5.97 Å². The Bertz CT molecular complexity index is 446. The predicted molar refractivity (Wildman–Crippen MR) is 70.4 cm³/mol. The maximum Gasteiger partial charge on any atom is 0.308 e. The number of rotatable bonds is 3. The van der Waals surface area contributed by atoms with Crippen molar-refractivity contribution in [2.24, 2.45) is 17.8 Å². The largest absolute Gasteiger partial charge is 0.435 e. The highest BCUT2D eigenvalue weighted by atomic mass is 16.8. The van der Waals surface area contributed by atoms with Gasteiger partial charge in [0.25, 0.3) is 0 Å². The SMILES string of the molecule is C=C1[C@H]2O[C@@H](OC(=O)CC(C)C)C3[C@@H]1C[C@H](O)[C@@]3(C)O2. The van der Waals surface area contributed by atoms with Crippen LogP contribution < -0.4 is 0 Å². The van der Waals surface area contributed by atoms with Crippen molar-refractivity contribution in [1.82, 2.24) is 0 Å². The van der Waals surface area contributed by atoms with Gasteiger partial charge in [-0.15, -0.1) is 0 Å². The van der Waals surface area contributed by atoms with Crippen molar-refractivity contribution in [3.05, 3.63) is 12.2 Å². The third kappa shape index (κ3) is 1.91. The smallest absolute Gasteiger partial charge is 0.308 e. The molecule has 0 aromatic carbocycles. The van der Waals surface area contributed by atoms with Crippen LogP contribution in [0, 0.1) is 17.8 Å². The van der Waals surface area contributed by atoms with Crippen LogP contribution in [0.25, 0.3) is 0 Å². The number of carbonyl (C=O) groups excluding carboxylic acids is 1. The average Bonchev–Trinajstić information content (AvgIpc) is 2.55. The Balaban J connectivity index is 1.79. The van der Waals surface area contributed by atoms with Gasteiger partial charge in [-0.1, -0.05) is 20.4 Å². The predicted octanol–water partition coefficient (Wildman–Crippen LogP) is 1.60. The van der Waals surface area contributed by atoms with E-state index in [4.69, 9.17) is 14.2 Å². The standard InChI is InChI=1S/C15H22O5/c1-7(2)5-11(17)18-14-12-9-6-10(16)15(12,4)20-13(19-14)8(9)3/h7,9-10,12-14,16H,3,5-6H2,1-2,4H3/t9-,10+,12?,13+,14-,15-/m1/s1. The Morgan fingerprint density at radius 1 is 1.60 bits per heavy atom. The highest BCUT2D eigenvalue weighted by Crippen LogP contribution is 2.57. The third-order valence-electron chi connectivity index (χ3n) is 4.75. The molecule has 1 saturated carbocycles. The molecule has 3 aliphatic heterocycles. The van der Waals surface area contributed by atoms with Crippen molar-refractivity contribution < 1.29 is 24.1 Å². The molecule has 4 aliphatic rings. The molecular weight excluding hydrogens is 260 g/mol. The zero-order valence-corrected chi connectivity index (χ0v) is 12.2. The van der Waals surface area contributed by atoms with Gasteiger partial charge < -0.3 is 19.3 Å². The van der Waals surface area contributed by atoms with E-state index in [0.717, 1.165) is 5.57 Å². The van der Waals surface area contributed by atoms with E-state index >= 15 is 0 Å². The summed E-state index contributed by atoms with van der Waals surface area (Å²) in [6, 6.07) is 0. The molecule has 1 unspecified atom stereocenters. The summed E-state index contributed by atoms with van der Waals surface area (Å²) in [5.74, 6) is -0.0986. The molecule has 112 valence electrons. The Labute approximate surface area is 118 Å². The second-order valence-corrected chi connectivity index (χ2v) is 6.68. The minimum atomic E-state index is -0.711. The Kier molecular flexibility index (Phi) is 3.19. The molecule has 1 N–H and O–H groups in total. The molecule has 4 fully saturated rings. The quantitative estimate of drug-likeness (QED) is 0.629. The van der Waals surface area contributed by atoms with E-state index in [1.807, 2.05) is 20.8 Å². The zero-order chi connectivity index (χ0) is 14.7. The summed E-state index contributed by atoms with van der Waals surface area (Å²) >= 11 is 0. The van der Waals surface area contributed by atoms with Crippen molar-refractivity contribution in [3.63, 3.8) is 0 Å². The summed E-state index contributed by atoms with van der Waals surface area (Å²) in [6.45, 7) is 9.80. The van der Waals surface area contributed by atoms with E-state index < -0.39 is 24.3 Å². The first-order valence-electron chi connectivity index (χ1n) is 7.22. The van der Waals surface area contributed by atoms with Gasteiger partial charge in [0.05, 0.1) is 12.0 Å². The molecule has 3 saturated heterocycles. The summed E-state index contributed by atoms with van der Waals surface area (Å²) in [5, 5.41) is 10.2. The Hall–Kier alpha value is -0.910. The number of aliphatic hydroxyl groups excluding tert-OH is 1. The molecule has 3 heterocycles. The van der Waals surface area contributed by atoms with Gasteiger partial charge in [-0.2, -0.15) is 0 Å². The van der Waals surface area contributed by atoms with Gasteiger partial charge in [0, 0.05) is 6.42 Å². The lowest BCUT2D eigenvalue weighted by Crippen LogP contribution is -2.62. The van der Waals surface area contributed by atoms with Crippen molar-refractivity contribution in [1.29, 1.82) is 0 Å². The van der Waals surface area contributed by atoms with Gasteiger partial charge in [-0.3, -0.25) is 4.79 Å². The molecule has 5 heteroatoms. The number of hydrogen-bond donors (Lipinski definition) is 1. The molecule has 6 atom stereocenters. The van der Waals surface area contributed by atoms with Crippen LogP contribution in [-0.4, -0.2) is 35.4 Å². The molecule has 0 aromatic rings. The summed E-state index contributed by atoms with van der Waals surface area (Å²) in [6.07, 6.45) is -0.836. The van der Waals surface area contributed by atoms with Crippen molar-refractivity contribution in [3.8, 4) is 0 Å². The molecule has 0 spiro atoms. The zero-order valence-electron chi connectivity index (χ0n) is 12.2. The summed E-state index contributed by atoms with van der Waals surface area (Å²) in [7, 11) is 0. The van der Waals surface area contributed by atoms with E-state index in [-0.39, 0.29) is 23.7 Å². The second kappa shape index (κ2) is 4.55. The lowest BCUT2D eigenvalue weighted by Gasteiger charge is -2.52. The van der Waals surface area contributed by atoms with Crippen LogP contribution in [-0.2, 0) is 19.0 Å². The fourth-order valence-electron chi connectivity index (χ4n) is 3.66. The number of carbonyl (C=O) groups is 1. The molecule has 5 nitrogen and oxygen atoms in total. The lowest BCUT2D eigenvalue weighted by molar-refractivity contribution is -0.365. The fraction of sp³-hybridized carbons (Fsp3) is 0.800. The van der Waals surface area contributed by atoms with Crippen LogP contribution in [0.2, 0.25) is 0 Å². The van der Waals surface area contributed by atoms with Crippen LogP contribution >= 0.6 is 0 Å². The monoisotopic (exact) mass is 282 g/mol. The minimum absolute atomic E-state index is 0.0966. The van der Waals surface area contributed by atoms with Gasteiger partial charge >= 0.3 is 5.97 Å².